The zero-order valence-corrected chi connectivity index (χ0v) is 14.5. The maximum atomic E-state index is 12.1. The third kappa shape index (κ3) is 5.76. The first kappa shape index (κ1) is 18.7. The van der Waals surface area contributed by atoms with Crippen molar-refractivity contribution < 1.29 is 14.6 Å². The van der Waals surface area contributed by atoms with Crippen LogP contribution in [0.25, 0.3) is 0 Å². The molecule has 0 aromatic heterocycles. The Bertz CT molecular complexity index is 398. The fourth-order valence-corrected chi connectivity index (χ4v) is 2.30. The first-order chi connectivity index (χ1) is 9.00. The molecule has 0 bridgehead atoms. The van der Waals surface area contributed by atoms with Crippen LogP contribution in [0.3, 0.4) is 0 Å². The molecule has 1 amide bonds. The van der Waals surface area contributed by atoms with E-state index in [0.717, 1.165) is 0 Å². The van der Waals surface area contributed by atoms with Gasteiger partial charge in [-0.05, 0) is 33.8 Å². The lowest BCUT2D eigenvalue weighted by molar-refractivity contribution is 0.104. The number of nitriles is 1. The first-order valence-corrected chi connectivity index (χ1v) is 10.4. The minimum absolute atomic E-state index is 0.0237. The molecule has 0 rings (SSSR count). The van der Waals surface area contributed by atoms with Crippen molar-refractivity contribution in [3.8, 4) is 6.07 Å². The van der Waals surface area contributed by atoms with Gasteiger partial charge in [0.2, 0.25) is 5.76 Å². The van der Waals surface area contributed by atoms with E-state index in [1.54, 1.807) is 4.90 Å². The van der Waals surface area contributed by atoms with Crippen molar-refractivity contribution in [3.63, 3.8) is 0 Å². The SMILES string of the molecule is CC(C)N(C(=O)O/C(C#N)=C/[C@@H](O)[Si](C)(C)C)C(C)C. The Kier molecular flexibility index (Phi) is 6.96. The van der Waals surface area contributed by atoms with Crippen LogP contribution in [0.1, 0.15) is 27.7 Å². The number of hydrogen-bond donors (Lipinski definition) is 1. The monoisotopic (exact) mass is 298 g/mol. The average molecular weight is 298 g/mol. The number of aliphatic hydroxyl groups excluding tert-OH is 1. The number of carbonyl (C=O) groups is 1. The second-order valence-electron chi connectivity index (χ2n) is 6.42. The smallest absolute Gasteiger partial charge is 0.399 e. The van der Waals surface area contributed by atoms with Crippen molar-refractivity contribution in [2.75, 3.05) is 0 Å². The molecule has 0 unspecified atom stereocenters. The van der Waals surface area contributed by atoms with Gasteiger partial charge in [-0.15, -0.1) is 0 Å². The number of ether oxygens (including phenoxy) is 1. The van der Waals surface area contributed by atoms with Crippen molar-refractivity contribution in [1.82, 2.24) is 4.90 Å². The van der Waals surface area contributed by atoms with Gasteiger partial charge in [0.1, 0.15) is 6.07 Å². The predicted molar refractivity (Wildman–Crippen MR) is 81.6 cm³/mol. The van der Waals surface area contributed by atoms with Crippen LogP contribution in [0, 0.1) is 11.3 Å². The highest BCUT2D eigenvalue weighted by molar-refractivity contribution is 6.77. The van der Waals surface area contributed by atoms with Gasteiger partial charge in [0.15, 0.2) is 0 Å². The van der Waals surface area contributed by atoms with Crippen LogP contribution < -0.4 is 0 Å². The van der Waals surface area contributed by atoms with Gasteiger partial charge in [-0.1, -0.05) is 19.6 Å². The van der Waals surface area contributed by atoms with Crippen LogP contribution in [-0.2, 0) is 4.74 Å². The molecule has 0 aliphatic carbocycles. The van der Waals surface area contributed by atoms with E-state index in [4.69, 9.17) is 10.00 Å². The topological polar surface area (TPSA) is 73.6 Å². The molecule has 0 radical (unpaired) electrons. The Balaban J connectivity index is 5.03. The molecule has 0 aliphatic rings. The summed E-state index contributed by atoms with van der Waals surface area (Å²) in [6, 6.07) is 1.77. The lowest BCUT2D eigenvalue weighted by Crippen LogP contribution is -2.42. The molecule has 0 heterocycles. The molecule has 0 spiro atoms. The van der Waals surface area contributed by atoms with E-state index in [-0.39, 0.29) is 17.8 Å². The molecule has 0 aromatic rings. The largest absolute Gasteiger partial charge is 0.416 e. The van der Waals surface area contributed by atoms with Gasteiger partial charge in [-0.2, -0.15) is 5.26 Å². The Morgan fingerprint density at radius 2 is 1.70 bits per heavy atom. The highest BCUT2D eigenvalue weighted by atomic mass is 28.3. The van der Waals surface area contributed by atoms with Crippen molar-refractivity contribution >= 4 is 14.2 Å². The fourth-order valence-electron chi connectivity index (χ4n) is 1.65. The Labute approximate surface area is 122 Å². The van der Waals surface area contributed by atoms with Crippen molar-refractivity contribution in [3.05, 3.63) is 11.8 Å². The van der Waals surface area contributed by atoms with Gasteiger partial charge >= 0.3 is 6.09 Å². The summed E-state index contributed by atoms with van der Waals surface area (Å²) in [5.41, 5.74) is -0.725. The van der Waals surface area contributed by atoms with E-state index in [1.165, 1.54) is 6.08 Å². The van der Waals surface area contributed by atoms with Crippen molar-refractivity contribution in [1.29, 1.82) is 5.26 Å². The summed E-state index contributed by atoms with van der Waals surface area (Å²) in [4.78, 5) is 13.6. The summed E-state index contributed by atoms with van der Waals surface area (Å²) < 4.78 is 5.10. The van der Waals surface area contributed by atoms with E-state index in [0.29, 0.717) is 0 Å². The maximum Gasteiger partial charge on any atom is 0.416 e. The standard InChI is InChI=1S/C14H26N2O3Si/c1-10(2)16(11(3)4)14(18)19-12(9-15)8-13(17)20(5,6)7/h8,10-11,13,17H,1-7H3/b12-8+/t13-/m0/s1. The lowest BCUT2D eigenvalue weighted by atomic mass is 10.2. The second-order valence-corrected chi connectivity index (χ2v) is 11.7. The minimum atomic E-state index is -1.84. The molecule has 0 saturated heterocycles. The van der Waals surface area contributed by atoms with Crippen LogP contribution in [0.15, 0.2) is 11.8 Å². The van der Waals surface area contributed by atoms with Gasteiger partial charge < -0.3 is 14.7 Å². The number of rotatable bonds is 5. The molecule has 0 aliphatic heterocycles. The van der Waals surface area contributed by atoms with E-state index in [1.807, 2.05) is 53.4 Å². The van der Waals surface area contributed by atoms with Gasteiger partial charge in [-0.25, -0.2) is 4.79 Å². The quantitative estimate of drug-likeness (QED) is 0.481. The summed E-state index contributed by atoms with van der Waals surface area (Å²) in [6.07, 6.45) is 0.772. The Hall–Kier alpha value is -1.32. The zero-order valence-electron chi connectivity index (χ0n) is 13.5. The molecular formula is C14H26N2O3Si. The van der Waals surface area contributed by atoms with Crippen LogP contribution in [0.2, 0.25) is 19.6 Å². The highest BCUT2D eigenvalue weighted by Crippen LogP contribution is 2.14. The number of nitrogens with zero attached hydrogens (tertiary/aromatic N) is 2. The molecular weight excluding hydrogens is 272 g/mol. The van der Waals surface area contributed by atoms with Gasteiger partial charge in [0.05, 0.1) is 13.8 Å². The molecule has 5 nitrogen and oxygen atoms in total. The van der Waals surface area contributed by atoms with Crippen LogP contribution in [0.5, 0.6) is 0 Å². The van der Waals surface area contributed by atoms with Crippen molar-refractivity contribution in [2.24, 2.45) is 0 Å². The predicted octanol–water partition coefficient (Wildman–Crippen LogP) is 2.89. The summed E-state index contributed by atoms with van der Waals surface area (Å²) >= 11 is 0. The molecule has 1 atom stereocenters. The number of amides is 1. The summed E-state index contributed by atoms with van der Waals surface area (Å²) in [5.74, 6) is -0.142. The first-order valence-electron chi connectivity index (χ1n) is 6.80. The van der Waals surface area contributed by atoms with Gasteiger partial charge in [-0.3, -0.25) is 0 Å². The molecule has 20 heavy (non-hydrogen) atoms. The van der Waals surface area contributed by atoms with E-state index < -0.39 is 19.9 Å². The summed E-state index contributed by atoms with van der Waals surface area (Å²) in [5, 5.41) is 19.0. The van der Waals surface area contributed by atoms with Crippen LogP contribution in [-0.4, -0.2) is 42.0 Å². The molecule has 114 valence electrons. The third-order valence-electron chi connectivity index (χ3n) is 2.83. The Morgan fingerprint density at radius 1 is 1.25 bits per heavy atom. The number of carbonyl (C=O) groups excluding carboxylic acids is 1. The lowest BCUT2D eigenvalue weighted by Gasteiger charge is -2.29. The summed E-state index contributed by atoms with van der Waals surface area (Å²) in [6.45, 7) is 13.4. The maximum absolute atomic E-state index is 12.1. The molecule has 6 heteroatoms. The fraction of sp³-hybridized carbons (Fsp3) is 0.714. The number of allylic oxidation sites excluding steroid dienone is 1. The van der Waals surface area contributed by atoms with Crippen molar-refractivity contribution in [2.45, 2.75) is 65.1 Å². The normalized spacial score (nSPS) is 14.2. The number of hydrogen-bond acceptors (Lipinski definition) is 4. The van der Waals surface area contributed by atoms with E-state index in [9.17, 15) is 9.90 Å². The van der Waals surface area contributed by atoms with Gasteiger partial charge in [0.25, 0.3) is 0 Å². The summed E-state index contributed by atoms with van der Waals surface area (Å²) in [7, 11) is -1.84. The minimum Gasteiger partial charge on any atom is -0.399 e. The molecule has 0 aromatic carbocycles. The second kappa shape index (κ2) is 7.46. The van der Waals surface area contributed by atoms with Crippen LogP contribution in [0.4, 0.5) is 4.79 Å². The number of aliphatic hydroxyl groups is 1. The van der Waals surface area contributed by atoms with Gasteiger partial charge in [0, 0.05) is 12.1 Å². The van der Waals surface area contributed by atoms with Crippen LogP contribution >= 0.6 is 0 Å². The average Bonchev–Trinajstić information content (AvgIpc) is 2.25. The Morgan fingerprint density at radius 3 is 2.00 bits per heavy atom. The molecule has 0 saturated carbocycles. The zero-order chi connectivity index (χ0) is 16.1. The third-order valence-corrected chi connectivity index (χ3v) is 4.77. The van der Waals surface area contributed by atoms with E-state index in [2.05, 4.69) is 0 Å². The van der Waals surface area contributed by atoms with E-state index >= 15 is 0 Å². The molecule has 1 N–H and O–H groups in total. The molecule has 0 fully saturated rings. The highest BCUT2D eigenvalue weighted by Gasteiger charge is 2.26.